The van der Waals surface area contributed by atoms with Crippen molar-refractivity contribution in [3.63, 3.8) is 0 Å². The molecule has 0 unspecified atom stereocenters. The first-order valence-corrected chi connectivity index (χ1v) is 6.27. The van der Waals surface area contributed by atoms with Crippen molar-refractivity contribution in [3.8, 4) is 0 Å². The average molecular weight is 288 g/mol. The van der Waals surface area contributed by atoms with Gasteiger partial charge in [-0.1, -0.05) is 22.0 Å². The molecule has 4 heteroatoms. The Kier molecular flexibility index (Phi) is 3.95. The monoisotopic (exact) mass is 287 g/mol. The maximum atomic E-state index is 13.5. The molecule has 1 aromatic rings. The second-order valence-electron chi connectivity index (χ2n) is 4.18. The fourth-order valence-electron chi connectivity index (χ4n) is 2.00. The summed E-state index contributed by atoms with van der Waals surface area (Å²) in [5, 5.41) is 0. The van der Waals surface area contributed by atoms with Crippen LogP contribution in [0, 0.1) is 5.82 Å². The molecule has 1 aromatic carbocycles. The van der Waals surface area contributed by atoms with Crippen molar-refractivity contribution >= 4 is 15.9 Å². The maximum Gasteiger partial charge on any atom is 0.129 e. The summed E-state index contributed by atoms with van der Waals surface area (Å²) in [5.41, 5.74) is 6.46. The molecule has 1 saturated carbocycles. The molecule has 0 radical (unpaired) electrons. The second-order valence-corrected chi connectivity index (χ2v) is 5.10. The SMILES string of the molecule is N[C@H]1CCC[C@@H]1OCc1ccc(Br)cc1F. The summed E-state index contributed by atoms with van der Waals surface area (Å²) in [6.45, 7) is 0.303. The lowest BCUT2D eigenvalue weighted by Gasteiger charge is -2.16. The maximum absolute atomic E-state index is 13.5. The Bertz CT molecular complexity index is 372. The molecule has 2 rings (SSSR count). The molecule has 0 aromatic heterocycles. The fraction of sp³-hybridized carbons (Fsp3) is 0.500. The zero-order valence-electron chi connectivity index (χ0n) is 8.96. The van der Waals surface area contributed by atoms with Crippen LogP contribution in [0.1, 0.15) is 24.8 Å². The van der Waals surface area contributed by atoms with E-state index in [9.17, 15) is 4.39 Å². The number of hydrogen-bond acceptors (Lipinski definition) is 2. The Balaban J connectivity index is 1.94. The van der Waals surface area contributed by atoms with Gasteiger partial charge < -0.3 is 10.5 Å². The Morgan fingerprint density at radius 2 is 2.25 bits per heavy atom. The van der Waals surface area contributed by atoms with E-state index in [2.05, 4.69) is 15.9 Å². The highest BCUT2D eigenvalue weighted by Crippen LogP contribution is 2.22. The first-order valence-electron chi connectivity index (χ1n) is 5.48. The van der Waals surface area contributed by atoms with Gasteiger partial charge >= 0.3 is 0 Å². The van der Waals surface area contributed by atoms with E-state index in [4.69, 9.17) is 10.5 Å². The number of nitrogens with two attached hydrogens (primary N) is 1. The molecule has 88 valence electrons. The van der Waals surface area contributed by atoms with E-state index in [1.165, 1.54) is 6.07 Å². The van der Waals surface area contributed by atoms with E-state index in [1.54, 1.807) is 6.07 Å². The topological polar surface area (TPSA) is 35.2 Å². The molecule has 0 amide bonds. The van der Waals surface area contributed by atoms with Gasteiger partial charge in [-0.2, -0.15) is 0 Å². The van der Waals surface area contributed by atoms with Crippen LogP contribution in [0.25, 0.3) is 0 Å². The van der Waals surface area contributed by atoms with Crippen molar-refractivity contribution in [2.24, 2.45) is 5.73 Å². The van der Waals surface area contributed by atoms with Gasteiger partial charge in [0.2, 0.25) is 0 Å². The normalized spacial score (nSPS) is 24.9. The van der Waals surface area contributed by atoms with E-state index in [-0.39, 0.29) is 18.0 Å². The van der Waals surface area contributed by atoms with Gasteiger partial charge in [0.05, 0.1) is 12.7 Å². The van der Waals surface area contributed by atoms with Gasteiger partial charge in [0, 0.05) is 16.1 Å². The average Bonchev–Trinajstić information content (AvgIpc) is 2.63. The molecule has 2 N–H and O–H groups in total. The number of halogens is 2. The summed E-state index contributed by atoms with van der Waals surface area (Å²) in [6.07, 6.45) is 3.18. The van der Waals surface area contributed by atoms with E-state index in [0.717, 1.165) is 23.7 Å². The Morgan fingerprint density at radius 3 is 2.88 bits per heavy atom. The smallest absolute Gasteiger partial charge is 0.129 e. The van der Waals surface area contributed by atoms with Gasteiger partial charge in [-0.25, -0.2) is 4.39 Å². The highest BCUT2D eigenvalue weighted by Gasteiger charge is 2.24. The molecule has 0 heterocycles. The first-order chi connectivity index (χ1) is 7.66. The van der Waals surface area contributed by atoms with Crippen molar-refractivity contribution in [3.05, 3.63) is 34.1 Å². The second kappa shape index (κ2) is 5.25. The fourth-order valence-corrected chi connectivity index (χ4v) is 2.33. The lowest BCUT2D eigenvalue weighted by Crippen LogP contribution is -2.31. The van der Waals surface area contributed by atoms with Crippen LogP contribution in [0.3, 0.4) is 0 Å². The first kappa shape index (κ1) is 12.0. The van der Waals surface area contributed by atoms with E-state index in [1.807, 2.05) is 6.07 Å². The minimum Gasteiger partial charge on any atom is -0.372 e. The van der Waals surface area contributed by atoms with Crippen LogP contribution in [0.15, 0.2) is 22.7 Å². The lowest BCUT2D eigenvalue weighted by atomic mass is 10.2. The molecule has 1 aliphatic rings. The van der Waals surface area contributed by atoms with Crippen molar-refractivity contribution in [1.82, 2.24) is 0 Å². The van der Waals surface area contributed by atoms with Crippen LogP contribution in [0.2, 0.25) is 0 Å². The molecule has 0 bridgehead atoms. The molecular formula is C12H15BrFNO. The van der Waals surface area contributed by atoms with E-state index in [0.29, 0.717) is 12.2 Å². The standard InChI is InChI=1S/C12H15BrFNO/c13-9-5-4-8(10(14)6-9)7-16-12-3-1-2-11(12)15/h4-6,11-12H,1-3,7,15H2/t11-,12-/m0/s1. The van der Waals surface area contributed by atoms with Crippen molar-refractivity contribution in [1.29, 1.82) is 0 Å². The molecule has 2 nitrogen and oxygen atoms in total. The Morgan fingerprint density at radius 1 is 1.44 bits per heavy atom. The van der Waals surface area contributed by atoms with Gasteiger partial charge in [0.1, 0.15) is 5.82 Å². The zero-order chi connectivity index (χ0) is 11.5. The molecule has 1 aliphatic carbocycles. The zero-order valence-corrected chi connectivity index (χ0v) is 10.5. The number of rotatable bonds is 3. The lowest BCUT2D eigenvalue weighted by molar-refractivity contribution is 0.0342. The number of benzene rings is 1. The minimum absolute atomic E-state index is 0.0862. The number of ether oxygens (including phenoxy) is 1. The summed E-state index contributed by atoms with van der Waals surface area (Å²) < 4.78 is 19.9. The summed E-state index contributed by atoms with van der Waals surface area (Å²) >= 11 is 3.22. The van der Waals surface area contributed by atoms with Crippen molar-refractivity contribution in [2.45, 2.75) is 38.0 Å². The molecule has 0 saturated heterocycles. The highest BCUT2D eigenvalue weighted by atomic mass is 79.9. The highest BCUT2D eigenvalue weighted by molar-refractivity contribution is 9.10. The molecule has 0 spiro atoms. The summed E-state index contributed by atoms with van der Waals surface area (Å²) in [7, 11) is 0. The summed E-state index contributed by atoms with van der Waals surface area (Å²) in [5.74, 6) is -0.235. The van der Waals surface area contributed by atoms with Crippen LogP contribution < -0.4 is 5.73 Å². The van der Waals surface area contributed by atoms with Crippen LogP contribution in [0.5, 0.6) is 0 Å². The van der Waals surface area contributed by atoms with Crippen LogP contribution in [0.4, 0.5) is 4.39 Å². The predicted molar refractivity (Wildman–Crippen MR) is 64.5 cm³/mol. The molecule has 1 fully saturated rings. The Labute approximate surface area is 103 Å². The summed E-state index contributed by atoms with van der Waals surface area (Å²) in [6, 6.07) is 5.11. The summed E-state index contributed by atoms with van der Waals surface area (Å²) in [4.78, 5) is 0. The molecular weight excluding hydrogens is 273 g/mol. The molecule has 0 aliphatic heterocycles. The van der Waals surface area contributed by atoms with Crippen LogP contribution in [-0.2, 0) is 11.3 Å². The largest absolute Gasteiger partial charge is 0.372 e. The van der Waals surface area contributed by atoms with Gasteiger partial charge in [-0.3, -0.25) is 0 Å². The third kappa shape index (κ3) is 2.81. The third-order valence-electron chi connectivity index (χ3n) is 2.97. The van der Waals surface area contributed by atoms with Gasteiger partial charge in [0.15, 0.2) is 0 Å². The third-order valence-corrected chi connectivity index (χ3v) is 3.46. The van der Waals surface area contributed by atoms with Crippen molar-refractivity contribution in [2.75, 3.05) is 0 Å². The van der Waals surface area contributed by atoms with Crippen LogP contribution >= 0.6 is 15.9 Å². The van der Waals surface area contributed by atoms with E-state index >= 15 is 0 Å². The van der Waals surface area contributed by atoms with Gasteiger partial charge in [-0.05, 0) is 31.4 Å². The quantitative estimate of drug-likeness (QED) is 0.928. The number of hydrogen-bond donors (Lipinski definition) is 1. The minimum atomic E-state index is -0.235. The van der Waals surface area contributed by atoms with Crippen LogP contribution in [-0.4, -0.2) is 12.1 Å². The van der Waals surface area contributed by atoms with E-state index < -0.39 is 0 Å². The molecule has 2 atom stereocenters. The van der Waals surface area contributed by atoms with Crippen molar-refractivity contribution < 1.29 is 9.13 Å². The van der Waals surface area contributed by atoms with Gasteiger partial charge in [0.25, 0.3) is 0 Å². The Hall–Kier alpha value is -0.450. The molecule has 16 heavy (non-hydrogen) atoms. The predicted octanol–water partition coefficient (Wildman–Crippen LogP) is 2.98. The van der Waals surface area contributed by atoms with Gasteiger partial charge in [-0.15, -0.1) is 0 Å².